The van der Waals surface area contributed by atoms with E-state index in [1.165, 1.54) is 17.8 Å². The zero-order chi connectivity index (χ0) is 13.8. The number of hydrogen-bond donors (Lipinski definition) is 2. The summed E-state index contributed by atoms with van der Waals surface area (Å²) in [6.07, 6.45) is 0.870. The fourth-order valence-electron chi connectivity index (χ4n) is 1.80. The molecule has 0 bridgehead atoms. The maximum Gasteiger partial charge on any atom is 0.251 e. The van der Waals surface area contributed by atoms with Gasteiger partial charge in [0, 0.05) is 22.7 Å². The Hall–Kier alpha value is -1.59. The minimum atomic E-state index is -0.132. The molecule has 0 radical (unpaired) electrons. The van der Waals surface area contributed by atoms with Gasteiger partial charge in [-0.05, 0) is 25.0 Å². The highest BCUT2D eigenvalue weighted by Gasteiger charge is 2.11. The maximum absolute atomic E-state index is 11.4. The van der Waals surface area contributed by atoms with E-state index in [9.17, 15) is 4.79 Å². The Bertz CT molecular complexity index is 624. The second-order valence-electron chi connectivity index (χ2n) is 4.35. The number of H-pyrrole nitrogens is 1. The van der Waals surface area contributed by atoms with Gasteiger partial charge in [-0.25, -0.2) is 4.98 Å². The molecule has 100 valence electrons. The van der Waals surface area contributed by atoms with Crippen molar-refractivity contribution in [1.29, 1.82) is 0 Å². The number of aromatic amines is 1. The summed E-state index contributed by atoms with van der Waals surface area (Å²) in [5.74, 6) is 0. The SMILES string of the molecule is CCC(N)c1ccccc1Sc1nc(C)cc(=O)[nH]1. The molecule has 1 heterocycles. The molecule has 1 unspecified atom stereocenters. The van der Waals surface area contributed by atoms with Crippen LogP contribution in [0.5, 0.6) is 0 Å². The molecule has 19 heavy (non-hydrogen) atoms. The van der Waals surface area contributed by atoms with Gasteiger partial charge in [-0.2, -0.15) is 0 Å². The molecule has 3 N–H and O–H groups in total. The van der Waals surface area contributed by atoms with Crippen molar-refractivity contribution in [1.82, 2.24) is 9.97 Å². The van der Waals surface area contributed by atoms with Gasteiger partial charge in [0.15, 0.2) is 5.16 Å². The summed E-state index contributed by atoms with van der Waals surface area (Å²) in [7, 11) is 0. The number of aromatic nitrogens is 2. The first-order valence-corrected chi connectivity index (χ1v) is 7.02. The molecule has 0 saturated carbocycles. The summed E-state index contributed by atoms with van der Waals surface area (Å²) < 4.78 is 0. The minimum absolute atomic E-state index is 0.000214. The quantitative estimate of drug-likeness (QED) is 0.841. The van der Waals surface area contributed by atoms with Gasteiger partial charge in [-0.3, -0.25) is 4.79 Å². The van der Waals surface area contributed by atoms with E-state index in [0.29, 0.717) is 10.9 Å². The van der Waals surface area contributed by atoms with Crippen LogP contribution in [0.2, 0.25) is 0 Å². The molecule has 0 aliphatic carbocycles. The van der Waals surface area contributed by atoms with Gasteiger partial charge in [0.2, 0.25) is 0 Å². The molecule has 2 aromatic rings. The lowest BCUT2D eigenvalue weighted by atomic mass is 10.1. The lowest BCUT2D eigenvalue weighted by molar-refractivity contribution is 0.685. The van der Waals surface area contributed by atoms with Crippen LogP contribution < -0.4 is 11.3 Å². The monoisotopic (exact) mass is 275 g/mol. The molecule has 0 aliphatic rings. The molecular weight excluding hydrogens is 258 g/mol. The largest absolute Gasteiger partial charge is 0.324 e. The fraction of sp³-hybridized carbons (Fsp3) is 0.286. The van der Waals surface area contributed by atoms with E-state index in [0.717, 1.165) is 16.9 Å². The molecule has 1 atom stereocenters. The summed E-state index contributed by atoms with van der Waals surface area (Å²) in [5.41, 5.74) is 7.76. The average molecular weight is 275 g/mol. The third-order valence-electron chi connectivity index (χ3n) is 2.81. The number of nitrogens with one attached hydrogen (secondary N) is 1. The van der Waals surface area contributed by atoms with Crippen LogP contribution in [-0.2, 0) is 0 Å². The Kier molecular flexibility index (Phi) is 4.39. The number of hydrogen-bond acceptors (Lipinski definition) is 4. The molecule has 5 heteroatoms. The van der Waals surface area contributed by atoms with E-state index in [-0.39, 0.29) is 11.6 Å². The molecule has 0 saturated heterocycles. The zero-order valence-electron chi connectivity index (χ0n) is 11.0. The number of rotatable bonds is 4. The Morgan fingerprint density at radius 2 is 2.16 bits per heavy atom. The average Bonchev–Trinajstić information content (AvgIpc) is 2.37. The number of benzene rings is 1. The summed E-state index contributed by atoms with van der Waals surface area (Å²) in [6.45, 7) is 3.86. The van der Waals surface area contributed by atoms with Crippen LogP contribution in [0.4, 0.5) is 0 Å². The predicted molar refractivity (Wildman–Crippen MR) is 77.4 cm³/mol. The van der Waals surface area contributed by atoms with Crippen molar-refractivity contribution in [3.05, 3.63) is 51.9 Å². The van der Waals surface area contributed by atoms with Crippen molar-refractivity contribution in [2.24, 2.45) is 5.73 Å². The van der Waals surface area contributed by atoms with Crippen molar-refractivity contribution in [3.8, 4) is 0 Å². The Morgan fingerprint density at radius 1 is 1.42 bits per heavy atom. The minimum Gasteiger partial charge on any atom is -0.324 e. The van der Waals surface area contributed by atoms with Crippen molar-refractivity contribution in [3.63, 3.8) is 0 Å². The van der Waals surface area contributed by atoms with Gasteiger partial charge in [0.05, 0.1) is 0 Å². The van der Waals surface area contributed by atoms with E-state index < -0.39 is 0 Å². The van der Waals surface area contributed by atoms with Crippen molar-refractivity contribution in [2.45, 2.75) is 36.4 Å². The van der Waals surface area contributed by atoms with Crippen molar-refractivity contribution >= 4 is 11.8 Å². The molecule has 0 fully saturated rings. The summed E-state index contributed by atoms with van der Waals surface area (Å²) in [4.78, 5) is 19.5. The van der Waals surface area contributed by atoms with Crippen LogP contribution in [0.1, 0.15) is 30.6 Å². The molecule has 0 amide bonds. The summed E-state index contributed by atoms with van der Waals surface area (Å²) >= 11 is 1.44. The van der Waals surface area contributed by atoms with Gasteiger partial charge in [-0.1, -0.05) is 36.9 Å². The van der Waals surface area contributed by atoms with Crippen LogP contribution in [0.3, 0.4) is 0 Å². The van der Waals surface area contributed by atoms with E-state index in [1.54, 1.807) is 0 Å². The highest BCUT2D eigenvalue weighted by molar-refractivity contribution is 7.99. The van der Waals surface area contributed by atoms with Gasteiger partial charge >= 0.3 is 0 Å². The topological polar surface area (TPSA) is 71.8 Å². The van der Waals surface area contributed by atoms with Gasteiger partial charge < -0.3 is 10.7 Å². The second-order valence-corrected chi connectivity index (χ2v) is 5.38. The first-order chi connectivity index (χ1) is 9.10. The number of nitrogens with two attached hydrogens (primary N) is 1. The van der Waals surface area contributed by atoms with E-state index in [4.69, 9.17) is 5.73 Å². The highest BCUT2D eigenvalue weighted by Crippen LogP contribution is 2.31. The Morgan fingerprint density at radius 3 is 2.84 bits per heavy atom. The molecular formula is C14H17N3OS. The normalized spacial score (nSPS) is 12.4. The standard InChI is InChI=1S/C14H17N3OS/c1-3-11(15)10-6-4-5-7-12(10)19-14-16-9(2)8-13(18)17-14/h4-8,11H,3,15H2,1-2H3,(H,16,17,18). The third-order valence-corrected chi connectivity index (χ3v) is 3.79. The first-order valence-electron chi connectivity index (χ1n) is 6.20. The van der Waals surface area contributed by atoms with E-state index in [2.05, 4.69) is 16.9 Å². The fourth-order valence-corrected chi connectivity index (χ4v) is 2.84. The second kappa shape index (κ2) is 6.04. The molecule has 1 aromatic carbocycles. The van der Waals surface area contributed by atoms with Crippen molar-refractivity contribution < 1.29 is 0 Å². The van der Waals surface area contributed by atoms with Crippen LogP contribution in [0.15, 0.2) is 45.2 Å². The number of nitrogens with zero attached hydrogens (tertiary/aromatic N) is 1. The van der Waals surface area contributed by atoms with E-state index >= 15 is 0 Å². The predicted octanol–water partition coefficient (Wildman–Crippen LogP) is 2.64. The molecule has 1 aromatic heterocycles. The lowest BCUT2D eigenvalue weighted by Gasteiger charge is -2.13. The van der Waals surface area contributed by atoms with Crippen LogP contribution in [0, 0.1) is 6.92 Å². The first kappa shape index (κ1) is 13.8. The number of aryl methyl sites for hydroxylation is 1. The zero-order valence-corrected chi connectivity index (χ0v) is 11.8. The summed E-state index contributed by atoms with van der Waals surface area (Å²) in [6, 6.07) is 9.43. The van der Waals surface area contributed by atoms with Gasteiger partial charge in [0.25, 0.3) is 5.56 Å². The lowest BCUT2D eigenvalue weighted by Crippen LogP contribution is -2.11. The van der Waals surface area contributed by atoms with Crippen LogP contribution >= 0.6 is 11.8 Å². The van der Waals surface area contributed by atoms with Crippen molar-refractivity contribution in [2.75, 3.05) is 0 Å². The highest BCUT2D eigenvalue weighted by atomic mass is 32.2. The van der Waals surface area contributed by atoms with Crippen LogP contribution in [-0.4, -0.2) is 9.97 Å². The van der Waals surface area contributed by atoms with E-state index in [1.807, 2.05) is 31.2 Å². The van der Waals surface area contributed by atoms with Gasteiger partial charge in [0.1, 0.15) is 0 Å². The molecule has 0 aliphatic heterocycles. The maximum atomic E-state index is 11.4. The molecule has 0 spiro atoms. The molecule has 4 nitrogen and oxygen atoms in total. The smallest absolute Gasteiger partial charge is 0.251 e. The molecule has 2 rings (SSSR count). The van der Waals surface area contributed by atoms with Crippen LogP contribution in [0.25, 0.3) is 0 Å². The Labute approximate surface area is 116 Å². The third kappa shape index (κ3) is 3.45. The summed E-state index contributed by atoms with van der Waals surface area (Å²) in [5, 5.41) is 0.598. The Balaban J connectivity index is 2.35. The van der Waals surface area contributed by atoms with Gasteiger partial charge in [-0.15, -0.1) is 0 Å².